The van der Waals surface area contributed by atoms with E-state index in [2.05, 4.69) is 23.1 Å². The normalized spacial score (nSPS) is 33.0. The quantitative estimate of drug-likeness (QED) is 0.504. The van der Waals surface area contributed by atoms with E-state index >= 15 is 0 Å². The zero-order valence-electron chi connectivity index (χ0n) is 22.7. The van der Waals surface area contributed by atoms with Crippen LogP contribution in [0.15, 0.2) is 24.0 Å². The number of hydrogen-bond acceptors (Lipinski definition) is 9. The van der Waals surface area contributed by atoms with Crippen molar-refractivity contribution >= 4 is 22.8 Å². The minimum Gasteiger partial charge on any atom is -0.497 e. The van der Waals surface area contributed by atoms with Crippen molar-refractivity contribution in [3.63, 3.8) is 0 Å². The molecule has 206 valence electrons. The van der Waals surface area contributed by atoms with Crippen LogP contribution in [0, 0.1) is 0 Å². The molecule has 5 aliphatic rings. The minimum absolute atomic E-state index is 0.00755. The summed E-state index contributed by atoms with van der Waals surface area (Å²) in [5.74, 6) is 1.50. The number of benzene rings is 1. The Morgan fingerprint density at radius 2 is 1.89 bits per heavy atom. The van der Waals surface area contributed by atoms with Crippen molar-refractivity contribution < 1.29 is 33.3 Å². The van der Waals surface area contributed by atoms with Crippen molar-refractivity contribution in [3.05, 3.63) is 35.1 Å². The molecule has 2 fully saturated rings. The summed E-state index contributed by atoms with van der Waals surface area (Å²) in [7, 11) is 1.64. The van der Waals surface area contributed by atoms with Crippen LogP contribution in [0.5, 0.6) is 11.5 Å². The van der Waals surface area contributed by atoms with E-state index in [0.29, 0.717) is 12.2 Å². The Bertz CT molecular complexity index is 1180. The Kier molecular flexibility index (Phi) is 6.47. The number of esters is 1. The molecule has 0 aromatic heterocycles. The van der Waals surface area contributed by atoms with Gasteiger partial charge >= 0.3 is 5.97 Å². The lowest BCUT2D eigenvalue weighted by molar-refractivity contribution is -0.213. The van der Waals surface area contributed by atoms with Gasteiger partial charge in [-0.3, -0.25) is 9.69 Å². The third kappa shape index (κ3) is 4.12. The molecular weight excluding hydrogens is 506 g/mol. The molecule has 4 heterocycles. The Morgan fingerprint density at radius 3 is 2.63 bits per heavy atom. The first-order chi connectivity index (χ1) is 18.2. The monoisotopic (exact) mass is 543 g/mol. The second kappa shape index (κ2) is 9.45. The molecule has 9 heteroatoms. The van der Waals surface area contributed by atoms with Gasteiger partial charge in [0.05, 0.1) is 30.6 Å². The van der Waals surface area contributed by atoms with Crippen LogP contribution in [0.2, 0.25) is 0 Å². The molecule has 6 rings (SSSR count). The van der Waals surface area contributed by atoms with Gasteiger partial charge in [-0.1, -0.05) is 11.8 Å². The van der Waals surface area contributed by atoms with E-state index in [9.17, 15) is 9.59 Å². The summed E-state index contributed by atoms with van der Waals surface area (Å²) in [4.78, 5) is 29.4. The Hall–Kier alpha value is -2.23. The highest BCUT2D eigenvalue weighted by molar-refractivity contribution is 8.13. The summed E-state index contributed by atoms with van der Waals surface area (Å²) < 4.78 is 30.3. The van der Waals surface area contributed by atoms with E-state index in [1.807, 2.05) is 13.8 Å². The number of nitrogens with zero attached hydrogens (tertiary/aromatic N) is 1. The molecule has 0 bridgehead atoms. The van der Waals surface area contributed by atoms with Gasteiger partial charge in [0, 0.05) is 6.54 Å². The van der Waals surface area contributed by atoms with E-state index in [0.717, 1.165) is 74.0 Å². The average molecular weight is 544 g/mol. The lowest BCUT2D eigenvalue weighted by atomic mass is 9.77. The van der Waals surface area contributed by atoms with Crippen LogP contribution in [-0.2, 0) is 30.2 Å². The van der Waals surface area contributed by atoms with Crippen LogP contribution >= 0.6 is 11.8 Å². The molecular formula is C29H37NO7S. The molecule has 2 saturated heterocycles. The van der Waals surface area contributed by atoms with Crippen LogP contribution in [0.25, 0.3) is 0 Å². The number of carbonyl (C=O) groups excluding carboxylic acids is 2. The zero-order chi connectivity index (χ0) is 26.7. The van der Waals surface area contributed by atoms with Gasteiger partial charge in [-0.05, 0) is 94.5 Å². The predicted octanol–water partition coefficient (Wildman–Crippen LogP) is 4.34. The average Bonchev–Trinajstić information content (AvgIpc) is 3.57. The third-order valence-electron chi connectivity index (χ3n) is 9.06. The summed E-state index contributed by atoms with van der Waals surface area (Å²) in [5, 5.41) is -0.0838. The second-order valence-corrected chi connectivity index (χ2v) is 12.6. The Morgan fingerprint density at radius 1 is 1.11 bits per heavy atom. The Balaban J connectivity index is 1.41. The van der Waals surface area contributed by atoms with Gasteiger partial charge in [0.15, 0.2) is 28.3 Å². The van der Waals surface area contributed by atoms with Crippen LogP contribution in [-0.4, -0.2) is 72.1 Å². The second-order valence-electron chi connectivity index (χ2n) is 11.8. The van der Waals surface area contributed by atoms with E-state index in [-0.39, 0.29) is 29.8 Å². The van der Waals surface area contributed by atoms with Gasteiger partial charge in [-0.25, -0.2) is 4.79 Å². The lowest BCUT2D eigenvalue weighted by Gasteiger charge is -2.44. The fourth-order valence-corrected chi connectivity index (χ4v) is 7.77. The third-order valence-corrected chi connectivity index (χ3v) is 9.66. The maximum absolute atomic E-state index is 14.2. The maximum Gasteiger partial charge on any atom is 0.339 e. The standard InChI is InChI=1S/C29H37NO7S/c1-27(2)8-5-10-29(37-27,16-23(31)38-4)26(32)36-25-22(33-3)15-28-9-6-11-30(28)12-7-18-13-20-21(35-17-34-20)14-19(18)24(25)28/h13-15,24-25H,5-12,16-17H2,1-4H3/t24-,25?,28?,29?/m1/s1. The molecule has 0 N–H and O–H groups in total. The van der Waals surface area contributed by atoms with Crippen molar-refractivity contribution in [3.8, 4) is 11.5 Å². The van der Waals surface area contributed by atoms with Crippen molar-refractivity contribution in [2.45, 2.75) is 87.6 Å². The summed E-state index contributed by atoms with van der Waals surface area (Å²) >= 11 is 1.12. The van der Waals surface area contributed by atoms with Crippen LogP contribution in [0.3, 0.4) is 0 Å². The molecule has 3 unspecified atom stereocenters. The highest BCUT2D eigenvalue weighted by Gasteiger charge is 2.59. The van der Waals surface area contributed by atoms with Gasteiger partial charge in [0.25, 0.3) is 0 Å². The summed E-state index contributed by atoms with van der Waals surface area (Å²) in [6.07, 6.45) is 8.24. The number of fused-ring (bicyclic) bond motifs is 3. The van der Waals surface area contributed by atoms with Gasteiger partial charge < -0.3 is 23.7 Å². The van der Waals surface area contributed by atoms with Gasteiger partial charge in [0.1, 0.15) is 5.76 Å². The number of carbonyl (C=O) groups is 2. The number of ether oxygens (including phenoxy) is 5. The number of hydrogen-bond donors (Lipinski definition) is 0. The molecule has 4 atom stereocenters. The first-order valence-corrected chi connectivity index (χ1v) is 14.9. The molecule has 1 aromatic carbocycles. The molecule has 1 aromatic rings. The first kappa shape index (κ1) is 26.0. The highest BCUT2D eigenvalue weighted by atomic mass is 32.2. The van der Waals surface area contributed by atoms with Gasteiger partial charge in [-0.15, -0.1) is 0 Å². The van der Waals surface area contributed by atoms with Crippen molar-refractivity contribution in [1.82, 2.24) is 4.90 Å². The molecule has 38 heavy (non-hydrogen) atoms. The topological polar surface area (TPSA) is 83.5 Å². The SMILES string of the molecule is COC1=CC23CCCN2CCc2cc4c(cc2[C@@H]3C1OC(=O)C1(CC(=O)SC)CCCC(C)(C)O1)OCO4. The molecule has 1 spiro atoms. The molecule has 0 amide bonds. The van der Waals surface area contributed by atoms with Gasteiger partial charge in [-0.2, -0.15) is 0 Å². The van der Waals surface area contributed by atoms with E-state index in [4.69, 9.17) is 23.7 Å². The number of thioether (sulfide) groups is 1. The van der Waals surface area contributed by atoms with Crippen LogP contribution < -0.4 is 9.47 Å². The summed E-state index contributed by atoms with van der Waals surface area (Å²) in [6, 6.07) is 4.16. The maximum atomic E-state index is 14.2. The fourth-order valence-electron chi connectivity index (χ4n) is 7.39. The predicted molar refractivity (Wildman–Crippen MR) is 142 cm³/mol. The van der Waals surface area contributed by atoms with E-state index < -0.39 is 23.3 Å². The number of rotatable bonds is 5. The van der Waals surface area contributed by atoms with Crippen LogP contribution in [0.4, 0.5) is 0 Å². The minimum atomic E-state index is -1.31. The molecule has 1 aliphatic carbocycles. The molecule has 4 aliphatic heterocycles. The first-order valence-electron chi connectivity index (χ1n) is 13.6. The number of methoxy groups -OCH3 is 1. The molecule has 8 nitrogen and oxygen atoms in total. The zero-order valence-corrected chi connectivity index (χ0v) is 23.5. The highest BCUT2D eigenvalue weighted by Crippen LogP contribution is 2.56. The summed E-state index contributed by atoms with van der Waals surface area (Å²) in [6.45, 7) is 6.04. The van der Waals surface area contributed by atoms with Gasteiger partial charge in [0.2, 0.25) is 6.79 Å². The Labute approximate surface area is 228 Å². The van der Waals surface area contributed by atoms with Crippen molar-refractivity contribution in [2.75, 3.05) is 33.2 Å². The van der Waals surface area contributed by atoms with Crippen molar-refractivity contribution in [2.24, 2.45) is 0 Å². The molecule has 0 saturated carbocycles. The molecule has 0 radical (unpaired) electrons. The van der Waals surface area contributed by atoms with Crippen molar-refractivity contribution in [1.29, 1.82) is 0 Å². The van der Waals surface area contributed by atoms with E-state index in [1.165, 1.54) is 5.56 Å². The van der Waals surface area contributed by atoms with E-state index in [1.54, 1.807) is 13.4 Å². The van der Waals surface area contributed by atoms with Crippen LogP contribution in [0.1, 0.15) is 69.4 Å². The largest absolute Gasteiger partial charge is 0.497 e. The summed E-state index contributed by atoms with van der Waals surface area (Å²) in [5.41, 5.74) is 0.140. The lowest BCUT2D eigenvalue weighted by Crippen LogP contribution is -2.54. The fraction of sp³-hybridized carbons (Fsp3) is 0.655. The smallest absolute Gasteiger partial charge is 0.339 e.